The molecule has 0 spiro atoms. The van der Waals surface area contributed by atoms with E-state index < -0.39 is 48.1 Å². The Morgan fingerprint density at radius 2 is 1.58 bits per heavy atom. The molecule has 1 aliphatic heterocycles. The van der Waals surface area contributed by atoms with Gasteiger partial charge in [-0.3, -0.25) is 19.2 Å². The molecule has 0 fully saturated rings. The van der Waals surface area contributed by atoms with Gasteiger partial charge >= 0.3 is 0 Å². The smallest absolute Gasteiger partial charge is 0.255 e. The summed E-state index contributed by atoms with van der Waals surface area (Å²) >= 11 is 0. The van der Waals surface area contributed by atoms with Crippen molar-refractivity contribution in [2.45, 2.75) is 78.0 Å². The van der Waals surface area contributed by atoms with Crippen LogP contribution in [0.15, 0.2) is 72.8 Å². The summed E-state index contributed by atoms with van der Waals surface area (Å²) in [4.78, 5) is 58.6. The first kappa shape index (κ1) is 39.7. The Kier molecular flexibility index (Phi) is 14.0. The van der Waals surface area contributed by atoms with Crippen LogP contribution in [-0.2, 0) is 14.4 Å². The van der Waals surface area contributed by atoms with Gasteiger partial charge in [-0.25, -0.2) is 4.39 Å². The molecule has 0 aromatic heterocycles. The van der Waals surface area contributed by atoms with E-state index in [1.165, 1.54) is 23.1 Å². The summed E-state index contributed by atoms with van der Waals surface area (Å²) in [5, 5.41) is 5.57. The minimum atomic E-state index is -1.30. The van der Waals surface area contributed by atoms with Gasteiger partial charge in [0.2, 0.25) is 17.7 Å². The van der Waals surface area contributed by atoms with E-state index in [9.17, 15) is 23.6 Å². The molecular weight excluding hydrogens is 667 g/mol. The molecule has 12 heteroatoms. The zero-order valence-electron chi connectivity index (χ0n) is 31.1. The minimum absolute atomic E-state index is 0.0391. The average molecular weight is 719 g/mol. The molecule has 11 nitrogen and oxygen atoms in total. The van der Waals surface area contributed by atoms with Gasteiger partial charge in [0.05, 0.1) is 24.1 Å². The highest BCUT2D eigenvalue weighted by molar-refractivity contribution is 6.01. The van der Waals surface area contributed by atoms with Crippen LogP contribution in [0.25, 0.3) is 0 Å². The van der Waals surface area contributed by atoms with E-state index in [-0.39, 0.29) is 54.1 Å². The summed E-state index contributed by atoms with van der Waals surface area (Å²) < 4.78 is 32.1. The maximum Gasteiger partial charge on any atom is 0.255 e. The van der Waals surface area contributed by atoms with E-state index in [1.807, 2.05) is 19.9 Å². The van der Waals surface area contributed by atoms with Crippen LogP contribution in [0.1, 0.15) is 64.2 Å². The molecule has 2 N–H and O–H groups in total. The standard InChI is InChI=1S/C40H51FN4O7/c1-25(2)19-29-24-51-34-16-12-11-15-31(34)38(47)43-32(22-37(46)45(7)33(20-26(3)4)40(49)44(29)6)39(48)42-27(5)23-50-35-18-17-28(41)21-36(35)52-30-13-9-8-10-14-30/h8-18,21,25-27,29,32-33H,19-20,22-24H2,1-7H3,(H,42,48)(H,43,47)/t27-,29-,32+,33+/m1/s1. The Morgan fingerprint density at radius 3 is 2.27 bits per heavy atom. The maximum absolute atomic E-state index is 14.1. The zero-order chi connectivity index (χ0) is 37.9. The Labute approximate surface area is 305 Å². The third-order valence-electron chi connectivity index (χ3n) is 8.80. The number of nitrogens with zero attached hydrogens (tertiary/aromatic N) is 2. The average Bonchev–Trinajstić information content (AvgIpc) is 3.10. The van der Waals surface area contributed by atoms with Crippen molar-refractivity contribution in [1.29, 1.82) is 0 Å². The molecule has 3 aromatic rings. The summed E-state index contributed by atoms with van der Waals surface area (Å²) in [6, 6.07) is 16.4. The molecule has 4 atom stereocenters. The quantitative estimate of drug-likeness (QED) is 0.256. The van der Waals surface area contributed by atoms with Crippen LogP contribution in [0.3, 0.4) is 0 Å². The molecule has 3 aromatic carbocycles. The number of carbonyl (C=O) groups is 4. The van der Waals surface area contributed by atoms with Crippen molar-refractivity contribution in [3.63, 3.8) is 0 Å². The van der Waals surface area contributed by atoms with Crippen molar-refractivity contribution in [1.82, 2.24) is 20.4 Å². The van der Waals surface area contributed by atoms with Crippen LogP contribution in [0.5, 0.6) is 23.0 Å². The molecule has 52 heavy (non-hydrogen) atoms. The first-order chi connectivity index (χ1) is 24.7. The molecular formula is C40H51FN4O7. The number of amides is 4. The fourth-order valence-electron chi connectivity index (χ4n) is 5.97. The van der Waals surface area contributed by atoms with Gasteiger partial charge in [0, 0.05) is 20.2 Å². The highest BCUT2D eigenvalue weighted by Gasteiger charge is 2.36. The van der Waals surface area contributed by atoms with Gasteiger partial charge in [-0.15, -0.1) is 0 Å². The molecule has 0 unspecified atom stereocenters. The maximum atomic E-state index is 14.1. The number of para-hydroxylation sites is 2. The third-order valence-corrected chi connectivity index (χ3v) is 8.80. The number of ether oxygens (including phenoxy) is 3. The van der Waals surface area contributed by atoms with Crippen molar-refractivity contribution in [3.8, 4) is 23.0 Å². The Hall–Kier alpha value is -5.13. The zero-order valence-corrected chi connectivity index (χ0v) is 31.1. The van der Waals surface area contributed by atoms with E-state index in [2.05, 4.69) is 24.5 Å². The lowest BCUT2D eigenvalue weighted by molar-refractivity contribution is -0.147. The van der Waals surface area contributed by atoms with Crippen molar-refractivity contribution in [2.24, 2.45) is 11.8 Å². The van der Waals surface area contributed by atoms with Crippen LogP contribution in [0.4, 0.5) is 4.39 Å². The lowest BCUT2D eigenvalue weighted by Crippen LogP contribution is -2.55. The highest BCUT2D eigenvalue weighted by Crippen LogP contribution is 2.32. The molecule has 0 bridgehead atoms. The van der Waals surface area contributed by atoms with Crippen molar-refractivity contribution >= 4 is 23.6 Å². The SMILES string of the molecule is CC(C)C[C@@H]1COc2ccccc2C(=O)N[C@H](C(=O)N[C@H](C)COc2ccc(F)cc2Oc2ccccc2)CC(=O)N(C)[C@@H](CC(C)C)C(=O)N1C. The molecule has 0 saturated carbocycles. The predicted octanol–water partition coefficient (Wildman–Crippen LogP) is 5.83. The first-order valence-corrected chi connectivity index (χ1v) is 17.7. The predicted molar refractivity (Wildman–Crippen MR) is 196 cm³/mol. The minimum Gasteiger partial charge on any atom is -0.491 e. The fourth-order valence-corrected chi connectivity index (χ4v) is 5.97. The molecule has 0 saturated heterocycles. The molecule has 4 amide bonds. The summed E-state index contributed by atoms with van der Waals surface area (Å²) in [5.41, 5.74) is 0.187. The van der Waals surface area contributed by atoms with Crippen LogP contribution in [-0.4, -0.2) is 84.9 Å². The van der Waals surface area contributed by atoms with E-state index in [1.54, 1.807) is 74.4 Å². The van der Waals surface area contributed by atoms with Crippen LogP contribution < -0.4 is 24.8 Å². The van der Waals surface area contributed by atoms with Crippen molar-refractivity contribution < 1.29 is 37.8 Å². The molecule has 1 aliphatic rings. The lowest BCUT2D eigenvalue weighted by atomic mass is 9.98. The summed E-state index contributed by atoms with van der Waals surface area (Å²) in [7, 11) is 3.28. The normalized spacial score (nSPS) is 19.3. The molecule has 0 aliphatic carbocycles. The summed E-state index contributed by atoms with van der Waals surface area (Å²) in [5.74, 6) is -0.903. The van der Waals surface area contributed by atoms with Crippen LogP contribution >= 0.6 is 0 Å². The van der Waals surface area contributed by atoms with Crippen LogP contribution in [0, 0.1) is 17.7 Å². The second-order valence-corrected chi connectivity index (χ2v) is 14.1. The Bertz CT molecular complexity index is 1690. The number of nitrogens with one attached hydrogen (secondary N) is 2. The van der Waals surface area contributed by atoms with E-state index in [0.29, 0.717) is 24.3 Å². The van der Waals surface area contributed by atoms with Gasteiger partial charge in [0.15, 0.2) is 11.5 Å². The lowest BCUT2D eigenvalue weighted by Gasteiger charge is -2.37. The van der Waals surface area contributed by atoms with Gasteiger partial charge in [0.1, 0.15) is 42.6 Å². The monoisotopic (exact) mass is 718 g/mol. The van der Waals surface area contributed by atoms with Gasteiger partial charge in [-0.1, -0.05) is 58.0 Å². The van der Waals surface area contributed by atoms with Gasteiger partial charge < -0.3 is 34.6 Å². The van der Waals surface area contributed by atoms with Gasteiger partial charge in [0.25, 0.3) is 5.91 Å². The number of hydrogen-bond acceptors (Lipinski definition) is 7. The largest absolute Gasteiger partial charge is 0.491 e. The molecule has 280 valence electrons. The van der Waals surface area contributed by atoms with E-state index >= 15 is 0 Å². The molecule has 4 rings (SSSR count). The van der Waals surface area contributed by atoms with Crippen molar-refractivity contribution in [3.05, 3.63) is 84.2 Å². The highest BCUT2D eigenvalue weighted by atomic mass is 19.1. The Balaban J connectivity index is 1.57. The number of hydrogen-bond donors (Lipinski definition) is 2. The number of likely N-dealkylation sites (N-methyl/N-ethyl adjacent to an activating group) is 2. The van der Waals surface area contributed by atoms with Crippen molar-refractivity contribution in [2.75, 3.05) is 27.3 Å². The van der Waals surface area contributed by atoms with Crippen LogP contribution in [0.2, 0.25) is 0 Å². The number of fused-ring (bicyclic) bond motifs is 1. The van der Waals surface area contributed by atoms with E-state index in [4.69, 9.17) is 14.2 Å². The molecule has 1 heterocycles. The summed E-state index contributed by atoms with van der Waals surface area (Å²) in [6.45, 7) is 9.86. The number of carbonyl (C=O) groups excluding carboxylic acids is 4. The first-order valence-electron chi connectivity index (χ1n) is 17.7. The second kappa shape index (κ2) is 18.4. The van der Waals surface area contributed by atoms with E-state index in [0.717, 1.165) is 0 Å². The number of benzene rings is 3. The third kappa shape index (κ3) is 10.9. The topological polar surface area (TPSA) is 127 Å². The number of halogens is 1. The number of rotatable bonds is 11. The van der Waals surface area contributed by atoms with Gasteiger partial charge in [-0.05, 0) is 68.0 Å². The fraction of sp³-hybridized carbons (Fsp3) is 0.450. The Morgan fingerprint density at radius 1 is 0.904 bits per heavy atom. The molecule has 0 radical (unpaired) electrons. The summed E-state index contributed by atoms with van der Waals surface area (Å²) in [6.07, 6.45) is 0.647. The second-order valence-electron chi connectivity index (χ2n) is 14.1. The van der Waals surface area contributed by atoms with Gasteiger partial charge in [-0.2, -0.15) is 0 Å².